The summed E-state index contributed by atoms with van der Waals surface area (Å²) >= 11 is 0. The summed E-state index contributed by atoms with van der Waals surface area (Å²) in [5.74, 6) is 0. The van der Waals surface area contributed by atoms with Crippen LogP contribution in [0.1, 0.15) is 12.8 Å². The Morgan fingerprint density at radius 3 is 2.20 bits per heavy atom. The molecule has 2 aliphatic rings. The fourth-order valence-electron chi connectivity index (χ4n) is 1.63. The van der Waals surface area contributed by atoms with Crippen molar-refractivity contribution < 1.29 is 0 Å². The molecule has 1 spiro atoms. The number of hydrogen-bond acceptors (Lipinski definition) is 2. The van der Waals surface area contributed by atoms with Gasteiger partial charge < -0.3 is 11.1 Å². The predicted octanol–water partition coefficient (Wildman–Crippen LogP) is 0.541. The molecule has 0 amide bonds. The summed E-state index contributed by atoms with van der Waals surface area (Å²) in [6.07, 6.45) is 2.58. The summed E-state index contributed by atoms with van der Waals surface area (Å²) in [7, 11) is 0. The van der Waals surface area contributed by atoms with E-state index >= 15 is 0 Å². The summed E-state index contributed by atoms with van der Waals surface area (Å²) in [6, 6.07) is 0.525. The third-order valence-corrected chi connectivity index (χ3v) is 2.53. The van der Waals surface area contributed by atoms with Gasteiger partial charge in [0.2, 0.25) is 0 Å². The Balaban J connectivity index is 0.000000405. The van der Waals surface area contributed by atoms with Crippen molar-refractivity contribution in [3.8, 4) is 0 Å². The van der Waals surface area contributed by atoms with Gasteiger partial charge in [-0.1, -0.05) is 0 Å². The molecule has 62 valence electrons. The standard InChI is InChI=1S/C6H12N2.2ClH/c7-5-3-6(5)1-2-8-4-6;;/h5,8H,1-4,7H2;2*1H/t5-,6-;;/m1../s1. The molecule has 1 aliphatic carbocycles. The monoisotopic (exact) mass is 184 g/mol. The molecule has 3 N–H and O–H groups in total. The highest BCUT2D eigenvalue weighted by Crippen LogP contribution is 2.48. The molecule has 1 saturated heterocycles. The zero-order valence-electron chi connectivity index (χ0n) is 5.80. The summed E-state index contributed by atoms with van der Waals surface area (Å²) in [4.78, 5) is 0. The minimum absolute atomic E-state index is 0. The van der Waals surface area contributed by atoms with Crippen LogP contribution in [0.25, 0.3) is 0 Å². The number of hydrogen-bond donors (Lipinski definition) is 2. The van der Waals surface area contributed by atoms with Crippen molar-refractivity contribution in [1.29, 1.82) is 0 Å². The summed E-state index contributed by atoms with van der Waals surface area (Å²) in [5.41, 5.74) is 6.29. The van der Waals surface area contributed by atoms with Crippen LogP contribution in [0.5, 0.6) is 0 Å². The van der Waals surface area contributed by atoms with Gasteiger partial charge in [0.15, 0.2) is 0 Å². The van der Waals surface area contributed by atoms with Gasteiger partial charge >= 0.3 is 0 Å². The molecule has 0 bridgehead atoms. The van der Waals surface area contributed by atoms with E-state index in [9.17, 15) is 0 Å². The first kappa shape index (κ1) is 10.5. The molecule has 1 aliphatic heterocycles. The fourth-order valence-corrected chi connectivity index (χ4v) is 1.63. The molecule has 1 saturated carbocycles. The molecule has 0 aromatic heterocycles. The van der Waals surface area contributed by atoms with E-state index in [-0.39, 0.29) is 24.8 Å². The van der Waals surface area contributed by atoms with Crippen LogP contribution in [0.15, 0.2) is 0 Å². The van der Waals surface area contributed by atoms with Gasteiger partial charge in [-0.2, -0.15) is 0 Å². The average molecular weight is 185 g/mol. The van der Waals surface area contributed by atoms with Gasteiger partial charge in [0, 0.05) is 18.0 Å². The van der Waals surface area contributed by atoms with Gasteiger partial charge in [-0.3, -0.25) is 0 Å². The highest BCUT2D eigenvalue weighted by Gasteiger charge is 2.52. The quantitative estimate of drug-likeness (QED) is 0.578. The third kappa shape index (κ3) is 1.40. The van der Waals surface area contributed by atoms with Crippen molar-refractivity contribution in [3.63, 3.8) is 0 Å². The van der Waals surface area contributed by atoms with E-state index in [0.29, 0.717) is 11.5 Å². The van der Waals surface area contributed by atoms with Gasteiger partial charge in [-0.05, 0) is 19.4 Å². The van der Waals surface area contributed by atoms with Crippen LogP contribution in [0, 0.1) is 5.41 Å². The van der Waals surface area contributed by atoms with Crippen molar-refractivity contribution in [2.24, 2.45) is 11.1 Å². The first-order chi connectivity index (χ1) is 3.83. The topological polar surface area (TPSA) is 38.0 Å². The lowest BCUT2D eigenvalue weighted by molar-refractivity contribution is 0.547. The zero-order chi connectivity index (χ0) is 5.61. The lowest BCUT2D eigenvalue weighted by Gasteiger charge is -2.00. The molecular weight excluding hydrogens is 171 g/mol. The predicted molar refractivity (Wildman–Crippen MR) is 47.0 cm³/mol. The van der Waals surface area contributed by atoms with E-state index in [4.69, 9.17) is 5.73 Å². The van der Waals surface area contributed by atoms with Crippen molar-refractivity contribution in [3.05, 3.63) is 0 Å². The van der Waals surface area contributed by atoms with Gasteiger partial charge in [0.25, 0.3) is 0 Å². The second kappa shape index (κ2) is 3.26. The highest BCUT2D eigenvalue weighted by molar-refractivity contribution is 5.85. The van der Waals surface area contributed by atoms with E-state index in [1.807, 2.05) is 0 Å². The molecule has 0 unspecified atom stereocenters. The first-order valence-corrected chi connectivity index (χ1v) is 3.30. The van der Waals surface area contributed by atoms with Crippen molar-refractivity contribution >= 4 is 24.8 Å². The Morgan fingerprint density at radius 1 is 1.40 bits per heavy atom. The normalized spacial score (nSPS) is 42.3. The second-order valence-electron chi connectivity index (χ2n) is 3.10. The molecule has 4 heteroatoms. The summed E-state index contributed by atoms with van der Waals surface area (Å²) in [6.45, 7) is 2.36. The molecule has 2 fully saturated rings. The highest BCUT2D eigenvalue weighted by atomic mass is 35.5. The molecule has 0 radical (unpaired) electrons. The Bertz CT molecular complexity index is 112. The van der Waals surface area contributed by atoms with Crippen LogP contribution >= 0.6 is 24.8 Å². The Kier molecular flexibility index (Phi) is 3.43. The fraction of sp³-hybridized carbons (Fsp3) is 1.00. The minimum Gasteiger partial charge on any atom is -0.327 e. The van der Waals surface area contributed by atoms with Gasteiger partial charge in [-0.15, -0.1) is 24.8 Å². The van der Waals surface area contributed by atoms with Crippen molar-refractivity contribution in [2.45, 2.75) is 18.9 Å². The van der Waals surface area contributed by atoms with Crippen LogP contribution in [0.3, 0.4) is 0 Å². The van der Waals surface area contributed by atoms with E-state index < -0.39 is 0 Å². The number of nitrogens with two attached hydrogens (primary N) is 1. The van der Waals surface area contributed by atoms with E-state index in [1.165, 1.54) is 25.9 Å². The molecule has 0 aromatic carbocycles. The average Bonchev–Trinajstić information content (AvgIpc) is 2.29. The SMILES string of the molecule is Cl.Cl.N[C@@H]1C[C@@]12CCNC2. The molecule has 0 aromatic rings. The molecule has 10 heavy (non-hydrogen) atoms. The van der Waals surface area contributed by atoms with Gasteiger partial charge in [-0.25, -0.2) is 0 Å². The Labute approximate surface area is 73.7 Å². The van der Waals surface area contributed by atoms with Crippen LogP contribution < -0.4 is 11.1 Å². The van der Waals surface area contributed by atoms with Gasteiger partial charge in [0.05, 0.1) is 0 Å². The number of halogens is 2. The maximum absolute atomic E-state index is 5.72. The lowest BCUT2D eigenvalue weighted by atomic mass is 10.1. The first-order valence-electron chi connectivity index (χ1n) is 3.30. The van der Waals surface area contributed by atoms with Crippen molar-refractivity contribution in [1.82, 2.24) is 5.32 Å². The Hall–Kier alpha value is 0.500. The molecular formula is C6H14Cl2N2. The van der Waals surface area contributed by atoms with Crippen LogP contribution in [-0.2, 0) is 0 Å². The van der Waals surface area contributed by atoms with E-state index in [2.05, 4.69) is 5.32 Å². The number of nitrogens with one attached hydrogen (secondary N) is 1. The van der Waals surface area contributed by atoms with Gasteiger partial charge in [0.1, 0.15) is 0 Å². The third-order valence-electron chi connectivity index (χ3n) is 2.53. The smallest absolute Gasteiger partial charge is 0.0115 e. The maximum atomic E-state index is 5.72. The van der Waals surface area contributed by atoms with E-state index in [1.54, 1.807) is 0 Å². The van der Waals surface area contributed by atoms with Crippen LogP contribution in [-0.4, -0.2) is 19.1 Å². The largest absolute Gasteiger partial charge is 0.327 e. The molecule has 2 atom stereocenters. The lowest BCUT2D eigenvalue weighted by Crippen LogP contribution is -2.16. The zero-order valence-corrected chi connectivity index (χ0v) is 7.43. The molecule has 2 rings (SSSR count). The maximum Gasteiger partial charge on any atom is 0.0115 e. The van der Waals surface area contributed by atoms with E-state index in [0.717, 1.165) is 0 Å². The Morgan fingerprint density at radius 2 is 2.00 bits per heavy atom. The summed E-state index contributed by atoms with van der Waals surface area (Å²) < 4.78 is 0. The summed E-state index contributed by atoms with van der Waals surface area (Å²) in [5, 5.41) is 3.33. The van der Waals surface area contributed by atoms with Crippen molar-refractivity contribution in [2.75, 3.05) is 13.1 Å². The molecule has 1 heterocycles. The van der Waals surface area contributed by atoms with Crippen LogP contribution in [0.2, 0.25) is 0 Å². The minimum atomic E-state index is 0. The second-order valence-corrected chi connectivity index (χ2v) is 3.10. The van der Waals surface area contributed by atoms with Crippen LogP contribution in [0.4, 0.5) is 0 Å². The molecule has 2 nitrogen and oxygen atoms in total. The number of rotatable bonds is 0.